The third-order valence-electron chi connectivity index (χ3n) is 3.03. The van der Waals surface area contributed by atoms with Crippen molar-refractivity contribution >= 4 is 11.7 Å². The molecule has 0 radical (unpaired) electrons. The summed E-state index contributed by atoms with van der Waals surface area (Å²) in [6.45, 7) is 4.09. The molecular weight excluding hydrogens is 226 g/mol. The minimum Gasteiger partial charge on any atom is -0.353 e. The van der Waals surface area contributed by atoms with Crippen molar-refractivity contribution in [3.8, 4) is 0 Å². The molecule has 1 amide bonds. The van der Waals surface area contributed by atoms with E-state index in [2.05, 4.69) is 5.32 Å². The molecule has 0 fully saturated rings. The van der Waals surface area contributed by atoms with Gasteiger partial charge in [0.25, 0.3) is 0 Å². The number of rotatable bonds is 7. The highest BCUT2D eigenvalue weighted by Gasteiger charge is 2.11. The molecule has 3 heteroatoms. The number of ketones is 1. The Kier molecular flexibility index (Phi) is 6.12. The van der Waals surface area contributed by atoms with Gasteiger partial charge in [-0.15, -0.1) is 0 Å². The van der Waals surface area contributed by atoms with Crippen LogP contribution in [0.3, 0.4) is 0 Å². The van der Waals surface area contributed by atoms with E-state index < -0.39 is 0 Å². The number of carbonyl (C=O) groups excluding carboxylic acids is 2. The molecule has 18 heavy (non-hydrogen) atoms. The van der Waals surface area contributed by atoms with Gasteiger partial charge in [-0.2, -0.15) is 0 Å². The molecule has 0 heterocycles. The molecule has 98 valence electrons. The Morgan fingerprint density at radius 1 is 1.06 bits per heavy atom. The first-order valence-corrected chi connectivity index (χ1v) is 6.55. The fourth-order valence-corrected chi connectivity index (χ4v) is 1.79. The zero-order chi connectivity index (χ0) is 13.4. The molecule has 1 aromatic rings. The maximum Gasteiger partial charge on any atom is 0.220 e. The fourth-order valence-electron chi connectivity index (χ4n) is 1.79. The number of hydrogen-bond acceptors (Lipinski definition) is 2. The number of Topliss-reactive ketones (excluding diaryl/α,β-unsaturated/α-hetero) is 1. The summed E-state index contributed by atoms with van der Waals surface area (Å²) >= 11 is 0. The Morgan fingerprint density at radius 3 is 2.22 bits per heavy atom. The Hall–Kier alpha value is -1.64. The minimum atomic E-state index is -0.0343. The maximum absolute atomic E-state index is 11.8. The molecule has 3 nitrogen and oxygen atoms in total. The summed E-state index contributed by atoms with van der Waals surface area (Å²) < 4.78 is 0. The monoisotopic (exact) mass is 247 g/mol. The van der Waals surface area contributed by atoms with Crippen molar-refractivity contribution in [3.05, 3.63) is 35.9 Å². The second kappa shape index (κ2) is 7.64. The van der Waals surface area contributed by atoms with Crippen LogP contribution < -0.4 is 5.32 Å². The summed E-state index contributed by atoms with van der Waals surface area (Å²) in [5.74, 6) is -0.0109. The molecule has 0 atom stereocenters. The van der Waals surface area contributed by atoms with E-state index in [1.807, 2.05) is 32.0 Å². The van der Waals surface area contributed by atoms with Crippen LogP contribution in [0.2, 0.25) is 0 Å². The molecule has 0 unspecified atom stereocenters. The lowest BCUT2D eigenvalue weighted by Crippen LogP contribution is -2.33. The molecule has 1 N–H and O–H groups in total. The smallest absolute Gasteiger partial charge is 0.220 e. The third-order valence-corrected chi connectivity index (χ3v) is 3.03. The second-order valence-electron chi connectivity index (χ2n) is 4.37. The summed E-state index contributed by atoms with van der Waals surface area (Å²) in [6.07, 6.45) is 2.39. The zero-order valence-electron chi connectivity index (χ0n) is 11.1. The number of nitrogens with one attached hydrogen (secondary N) is 1. The van der Waals surface area contributed by atoms with E-state index >= 15 is 0 Å². The van der Waals surface area contributed by atoms with Crippen LogP contribution in [0.15, 0.2) is 30.3 Å². The van der Waals surface area contributed by atoms with E-state index in [9.17, 15) is 9.59 Å². The largest absolute Gasteiger partial charge is 0.353 e. The van der Waals surface area contributed by atoms with Crippen molar-refractivity contribution in [2.75, 3.05) is 0 Å². The highest BCUT2D eigenvalue weighted by molar-refractivity contribution is 5.97. The normalized spacial score (nSPS) is 10.4. The van der Waals surface area contributed by atoms with Crippen molar-refractivity contribution in [2.24, 2.45) is 0 Å². The van der Waals surface area contributed by atoms with E-state index in [1.54, 1.807) is 12.1 Å². The maximum atomic E-state index is 11.8. The van der Waals surface area contributed by atoms with Crippen LogP contribution in [0, 0.1) is 0 Å². The zero-order valence-corrected chi connectivity index (χ0v) is 11.1. The lowest BCUT2D eigenvalue weighted by Gasteiger charge is -2.14. The predicted octanol–water partition coefficient (Wildman–Crippen LogP) is 2.95. The average Bonchev–Trinajstić information content (AvgIpc) is 2.43. The number of carbonyl (C=O) groups is 2. The van der Waals surface area contributed by atoms with Crippen LogP contribution in [-0.2, 0) is 4.79 Å². The molecule has 1 aromatic carbocycles. The topological polar surface area (TPSA) is 46.2 Å². The third kappa shape index (κ3) is 4.70. The van der Waals surface area contributed by atoms with Crippen molar-refractivity contribution in [1.82, 2.24) is 5.32 Å². The van der Waals surface area contributed by atoms with Crippen LogP contribution in [0.1, 0.15) is 49.9 Å². The molecule has 0 bridgehead atoms. The average molecular weight is 247 g/mol. The lowest BCUT2D eigenvalue weighted by molar-refractivity contribution is -0.121. The van der Waals surface area contributed by atoms with Crippen LogP contribution in [-0.4, -0.2) is 17.7 Å². The van der Waals surface area contributed by atoms with E-state index in [1.165, 1.54) is 0 Å². The lowest BCUT2D eigenvalue weighted by atomic mass is 10.1. The predicted molar refractivity (Wildman–Crippen MR) is 72.5 cm³/mol. The summed E-state index contributed by atoms with van der Waals surface area (Å²) in [7, 11) is 0. The van der Waals surface area contributed by atoms with Gasteiger partial charge >= 0.3 is 0 Å². The summed E-state index contributed by atoms with van der Waals surface area (Å²) in [5.41, 5.74) is 0.674. The van der Waals surface area contributed by atoms with Gasteiger partial charge in [0.2, 0.25) is 5.91 Å². The molecule has 0 aliphatic heterocycles. The van der Waals surface area contributed by atoms with Gasteiger partial charge in [-0.25, -0.2) is 0 Å². The second-order valence-corrected chi connectivity index (χ2v) is 4.37. The standard InChI is InChI=1S/C15H21NO2/c1-3-13(4-2)16-15(18)11-10-14(17)12-8-6-5-7-9-12/h5-9,13H,3-4,10-11H2,1-2H3,(H,16,18). The van der Waals surface area contributed by atoms with Crippen LogP contribution >= 0.6 is 0 Å². The van der Waals surface area contributed by atoms with E-state index in [0.717, 1.165) is 12.8 Å². The summed E-state index contributed by atoms with van der Waals surface area (Å²) in [6, 6.07) is 9.32. The van der Waals surface area contributed by atoms with E-state index in [4.69, 9.17) is 0 Å². The van der Waals surface area contributed by atoms with Crippen LogP contribution in [0.5, 0.6) is 0 Å². The van der Waals surface area contributed by atoms with Crippen molar-refractivity contribution in [2.45, 2.75) is 45.6 Å². The minimum absolute atomic E-state index is 0.0234. The van der Waals surface area contributed by atoms with Gasteiger partial charge in [-0.05, 0) is 12.8 Å². The molecule has 0 spiro atoms. The van der Waals surface area contributed by atoms with Crippen molar-refractivity contribution in [1.29, 1.82) is 0 Å². The van der Waals surface area contributed by atoms with Gasteiger partial charge in [0.1, 0.15) is 0 Å². The van der Waals surface area contributed by atoms with Crippen molar-refractivity contribution < 1.29 is 9.59 Å². The first-order valence-electron chi connectivity index (χ1n) is 6.55. The highest BCUT2D eigenvalue weighted by atomic mass is 16.2. The van der Waals surface area contributed by atoms with E-state index in [-0.39, 0.29) is 30.6 Å². The molecule has 0 aliphatic rings. The molecule has 0 saturated heterocycles. The molecule has 0 aromatic heterocycles. The Balaban J connectivity index is 2.37. The molecule has 1 rings (SSSR count). The molecule has 0 saturated carbocycles. The molecular formula is C15H21NO2. The Bertz CT molecular complexity index is 383. The van der Waals surface area contributed by atoms with Crippen molar-refractivity contribution in [3.63, 3.8) is 0 Å². The van der Waals surface area contributed by atoms with Gasteiger partial charge in [0.15, 0.2) is 5.78 Å². The van der Waals surface area contributed by atoms with Crippen LogP contribution in [0.25, 0.3) is 0 Å². The molecule has 0 aliphatic carbocycles. The number of amides is 1. The number of benzene rings is 1. The highest BCUT2D eigenvalue weighted by Crippen LogP contribution is 2.05. The van der Waals surface area contributed by atoms with Gasteiger partial charge < -0.3 is 5.32 Å². The first kappa shape index (κ1) is 14.4. The SMILES string of the molecule is CCC(CC)NC(=O)CCC(=O)c1ccccc1. The quantitative estimate of drug-likeness (QED) is 0.753. The van der Waals surface area contributed by atoms with Crippen LogP contribution in [0.4, 0.5) is 0 Å². The Morgan fingerprint density at radius 2 is 1.67 bits per heavy atom. The summed E-state index contributed by atoms with van der Waals surface area (Å²) in [4.78, 5) is 23.4. The van der Waals surface area contributed by atoms with Gasteiger partial charge in [-0.1, -0.05) is 44.2 Å². The summed E-state index contributed by atoms with van der Waals surface area (Å²) in [5, 5.41) is 2.93. The van der Waals surface area contributed by atoms with Gasteiger partial charge in [-0.3, -0.25) is 9.59 Å². The van der Waals surface area contributed by atoms with Gasteiger partial charge in [0.05, 0.1) is 0 Å². The number of hydrogen-bond donors (Lipinski definition) is 1. The fraction of sp³-hybridized carbons (Fsp3) is 0.467. The van der Waals surface area contributed by atoms with Gasteiger partial charge in [0, 0.05) is 24.4 Å². The Labute approximate surface area is 109 Å². The first-order chi connectivity index (χ1) is 8.67. The van der Waals surface area contributed by atoms with E-state index in [0.29, 0.717) is 5.56 Å².